The number of carbonyl (C=O) groups excluding carboxylic acids is 2. The molecule has 2 aromatic carbocycles. The average Bonchev–Trinajstić information content (AvgIpc) is 2.73. The summed E-state index contributed by atoms with van der Waals surface area (Å²) < 4.78 is 13.2. The van der Waals surface area contributed by atoms with Crippen molar-refractivity contribution in [3.05, 3.63) is 59.9 Å². The normalized spacial score (nSPS) is 17.9. The highest BCUT2D eigenvalue weighted by atomic mass is 19.1. The van der Waals surface area contributed by atoms with Gasteiger partial charge in [0.05, 0.1) is 12.1 Å². The largest absolute Gasteiger partial charge is 0.373 e. The Kier molecular flexibility index (Phi) is 3.63. The SMILES string of the molecule is Cc1cccc(N2C(=O)CC(Nc3cccc(F)c3)C2=O)c1. The molecule has 0 radical (unpaired) electrons. The Labute approximate surface area is 127 Å². The van der Waals surface area contributed by atoms with Crippen LogP contribution < -0.4 is 10.2 Å². The monoisotopic (exact) mass is 298 g/mol. The van der Waals surface area contributed by atoms with E-state index >= 15 is 0 Å². The van der Waals surface area contributed by atoms with Crippen molar-refractivity contribution in [2.45, 2.75) is 19.4 Å². The fourth-order valence-electron chi connectivity index (χ4n) is 2.56. The second kappa shape index (κ2) is 5.60. The third-order valence-corrected chi connectivity index (χ3v) is 3.57. The Morgan fingerprint density at radius 2 is 1.91 bits per heavy atom. The van der Waals surface area contributed by atoms with E-state index in [0.29, 0.717) is 11.4 Å². The third kappa shape index (κ3) is 2.70. The van der Waals surface area contributed by atoms with E-state index < -0.39 is 11.9 Å². The minimum atomic E-state index is -0.671. The van der Waals surface area contributed by atoms with Crippen LogP contribution in [0.2, 0.25) is 0 Å². The molecule has 0 aromatic heterocycles. The number of nitrogens with one attached hydrogen (secondary N) is 1. The topological polar surface area (TPSA) is 49.4 Å². The first-order chi connectivity index (χ1) is 10.5. The first-order valence-electron chi connectivity index (χ1n) is 7.00. The zero-order chi connectivity index (χ0) is 15.7. The number of benzene rings is 2. The van der Waals surface area contributed by atoms with Gasteiger partial charge in [-0.05, 0) is 42.8 Å². The number of rotatable bonds is 3. The van der Waals surface area contributed by atoms with Crippen molar-refractivity contribution < 1.29 is 14.0 Å². The van der Waals surface area contributed by atoms with Crippen LogP contribution in [0, 0.1) is 12.7 Å². The van der Waals surface area contributed by atoms with Crippen molar-refractivity contribution >= 4 is 23.2 Å². The Bertz CT molecular complexity index is 745. The number of aryl methyl sites for hydroxylation is 1. The Morgan fingerprint density at radius 3 is 2.64 bits per heavy atom. The van der Waals surface area contributed by atoms with Gasteiger partial charge >= 0.3 is 0 Å². The van der Waals surface area contributed by atoms with Gasteiger partial charge in [0.25, 0.3) is 5.91 Å². The first-order valence-corrected chi connectivity index (χ1v) is 7.00. The summed E-state index contributed by atoms with van der Waals surface area (Å²) in [6, 6.07) is 12.4. The summed E-state index contributed by atoms with van der Waals surface area (Å²) in [7, 11) is 0. The van der Waals surface area contributed by atoms with E-state index in [1.54, 1.807) is 30.3 Å². The molecular weight excluding hydrogens is 283 g/mol. The van der Waals surface area contributed by atoms with Crippen LogP contribution in [0.15, 0.2) is 48.5 Å². The highest BCUT2D eigenvalue weighted by molar-refractivity contribution is 6.23. The van der Waals surface area contributed by atoms with Crippen LogP contribution >= 0.6 is 0 Å². The predicted octanol–water partition coefficient (Wildman–Crippen LogP) is 2.88. The first kappa shape index (κ1) is 14.3. The van der Waals surface area contributed by atoms with Gasteiger partial charge in [-0.1, -0.05) is 18.2 Å². The molecule has 0 aliphatic carbocycles. The Morgan fingerprint density at radius 1 is 1.14 bits per heavy atom. The molecule has 1 N–H and O–H groups in total. The van der Waals surface area contributed by atoms with Gasteiger partial charge in [-0.3, -0.25) is 9.59 Å². The maximum atomic E-state index is 13.2. The summed E-state index contributed by atoms with van der Waals surface area (Å²) in [4.78, 5) is 25.8. The van der Waals surface area contributed by atoms with Crippen molar-refractivity contribution in [1.29, 1.82) is 0 Å². The lowest BCUT2D eigenvalue weighted by Gasteiger charge is -2.16. The lowest BCUT2D eigenvalue weighted by molar-refractivity contribution is -0.121. The Balaban J connectivity index is 1.82. The van der Waals surface area contributed by atoms with Crippen LogP contribution in [0.4, 0.5) is 15.8 Å². The van der Waals surface area contributed by atoms with E-state index in [1.807, 2.05) is 13.0 Å². The van der Waals surface area contributed by atoms with Crippen molar-refractivity contribution in [3.63, 3.8) is 0 Å². The zero-order valence-corrected chi connectivity index (χ0v) is 12.0. The van der Waals surface area contributed by atoms with Gasteiger partial charge in [0, 0.05) is 5.69 Å². The molecule has 1 fully saturated rings. The average molecular weight is 298 g/mol. The smallest absolute Gasteiger partial charge is 0.256 e. The minimum absolute atomic E-state index is 0.0588. The summed E-state index contributed by atoms with van der Waals surface area (Å²) in [6.07, 6.45) is 0.0588. The highest BCUT2D eigenvalue weighted by Crippen LogP contribution is 2.25. The van der Waals surface area contributed by atoms with E-state index in [1.165, 1.54) is 17.0 Å². The second-order valence-electron chi connectivity index (χ2n) is 5.32. The molecule has 5 heteroatoms. The molecule has 1 atom stereocenters. The molecule has 1 heterocycles. The van der Waals surface area contributed by atoms with Crippen LogP contribution in [0.25, 0.3) is 0 Å². The molecule has 112 valence electrons. The van der Waals surface area contributed by atoms with Crippen molar-refractivity contribution in [3.8, 4) is 0 Å². The van der Waals surface area contributed by atoms with Crippen LogP contribution in [0.1, 0.15) is 12.0 Å². The molecule has 0 saturated carbocycles. The molecule has 3 rings (SSSR count). The second-order valence-corrected chi connectivity index (χ2v) is 5.32. The maximum absolute atomic E-state index is 13.2. The fraction of sp³-hybridized carbons (Fsp3) is 0.176. The van der Waals surface area contributed by atoms with Gasteiger partial charge < -0.3 is 5.32 Å². The molecular formula is C17H15FN2O2. The summed E-state index contributed by atoms with van der Waals surface area (Å²) in [6.45, 7) is 1.90. The molecule has 4 nitrogen and oxygen atoms in total. The molecule has 22 heavy (non-hydrogen) atoms. The number of amides is 2. The molecule has 1 saturated heterocycles. The number of anilines is 2. The van der Waals surface area contributed by atoms with Gasteiger partial charge in [0.15, 0.2) is 0 Å². The lowest BCUT2D eigenvalue weighted by atomic mass is 10.2. The van der Waals surface area contributed by atoms with E-state index in [0.717, 1.165) is 5.56 Å². The van der Waals surface area contributed by atoms with Gasteiger partial charge in [0.1, 0.15) is 11.9 Å². The lowest BCUT2D eigenvalue weighted by Crippen LogP contribution is -2.34. The van der Waals surface area contributed by atoms with Crippen LogP contribution in [0.3, 0.4) is 0 Å². The highest BCUT2D eigenvalue weighted by Gasteiger charge is 2.39. The van der Waals surface area contributed by atoms with Crippen LogP contribution in [-0.4, -0.2) is 17.9 Å². The fourth-order valence-corrected chi connectivity index (χ4v) is 2.56. The molecule has 1 aliphatic rings. The summed E-state index contributed by atoms with van der Waals surface area (Å²) in [5, 5.41) is 2.92. The van der Waals surface area contributed by atoms with Crippen LogP contribution in [-0.2, 0) is 9.59 Å². The number of carbonyl (C=O) groups is 2. The molecule has 0 bridgehead atoms. The zero-order valence-electron chi connectivity index (χ0n) is 12.0. The number of nitrogens with zero attached hydrogens (tertiary/aromatic N) is 1. The van der Waals surface area contributed by atoms with E-state index in [2.05, 4.69) is 5.32 Å². The molecule has 1 aliphatic heterocycles. The van der Waals surface area contributed by atoms with E-state index in [-0.39, 0.29) is 18.2 Å². The standard InChI is InChI=1S/C17H15FN2O2/c1-11-4-2-7-14(8-11)20-16(21)10-15(17(20)22)19-13-6-3-5-12(18)9-13/h2-9,15,19H,10H2,1H3. The quantitative estimate of drug-likeness (QED) is 0.886. The number of hydrogen-bond donors (Lipinski definition) is 1. The van der Waals surface area contributed by atoms with Crippen molar-refractivity contribution in [2.75, 3.05) is 10.2 Å². The molecule has 2 aromatic rings. The molecule has 1 unspecified atom stereocenters. The maximum Gasteiger partial charge on any atom is 0.256 e. The predicted molar refractivity (Wildman–Crippen MR) is 82.1 cm³/mol. The third-order valence-electron chi connectivity index (χ3n) is 3.57. The van der Waals surface area contributed by atoms with Gasteiger partial charge in [-0.25, -0.2) is 9.29 Å². The van der Waals surface area contributed by atoms with Crippen molar-refractivity contribution in [2.24, 2.45) is 0 Å². The van der Waals surface area contributed by atoms with Gasteiger partial charge in [0.2, 0.25) is 5.91 Å². The summed E-state index contributed by atoms with van der Waals surface area (Å²) in [5.41, 5.74) is 2.02. The van der Waals surface area contributed by atoms with Gasteiger partial charge in [-0.15, -0.1) is 0 Å². The summed E-state index contributed by atoms with van der Waals surface area (Å²) in [5.74, 6) is -0.971. The van der Waals surface area contributed by atoms with Crippen molar-refractivity contribution in [1.82, 2.24) is 0 Å². The molecule has 0 spiro atoms. The number of halogens is 1. The molecule has 2 amide bonds. The minimum Gasteiger partial charge on any atom is -0.373 e. The van der Waals surface area contributed by atoms with E-state index in [4.69, 9.17) is 0 Å². The van der Waals surface area contributed by atoms with E-state index in [9.17, 15) is 14.0 Å². The number of imide groups is 1. The number of hydrogen-bond acceptors (Lipinski definition) is 3. The van der Waals surface area contributed by atoms with Gasteiger partial charge in [-0.2, -0.15) is 0 Å². The summed E-state index contributed by atoms with van der Waals surface area (Å²) >= 11 is 0. The van der Waals surface area contributed by atoms with Crippen LogP contribution in [0.5, 0.6) is 0 Å². The Hall–Kier alpha value is -2.69.